The smallest absolute Gasteiger partial charge is 0.144 e. The summed E-state index contributed by atoms with van der Waals surface area (Å²) < 4.78 is 0. The molecule has 0 spiro atoms. The number of nitriles is 1. The van der Waals surface area contributed by atoms with Gasteiger partial charge in [-0.1, -0.05) is 23.4 Å². The van der Waals surface area contributed by atoms with Crippen LogP contribution in [0.25, 0.3) is 0 Å². The summed E-state index contributed by atoms with van der Waals surface area (Å²) in [5.74, 6) is 5.47. The van der Waals surface area contributed by atoms with Crippen LogP contribution in [-0.2, 0) is 0 Å². The van der Waals surface area contributed by atoms with E-state index in [4.69, 9.17) is 16.9 Å². The van der Waals surface area contributed by atoms with Gasteiger partial charge in [0.2, 0.25) is 0 Å². The normalized spacial score (nSPS) is 8.38. The van der Waals surface area contributed by atoms with Crippen LogP contribution in [0, 0.1) is 30.1 Å². The highest BCUT2D eigenvalue weighted by molar-refractivity contribution is 6.30. The van der Waals surface area contributed by atoms with E-state index in [9.17, 15) is 0 Å². The third-order valence-corrected chi connectivity index (χ3v) is 1.67. The van der Waals surface area contributed by atoms with Crippen LogP contribution >= 0.6 is 11.6 Å². The lowest BCUT2D eigenvalue weighted by molar-refractivity contribution is 1.25. The number of halogens is 1. The molecule has 0 aliphatic rings. The molecule has 0 fully saturated rings. The number of rotatable bonds is 0. The van der Waals surface area contributed by atoms with Crippen LogP contribution in [0.3, 0.4) is 0 Å². The first-order chi connectivity index (χ1) is 6.24. The summed E-state index contributed by atoms with van der Waals surface area (Å²) in [6.07, 6.45) is 1.89. The van der Waals surface area contributed by atoms with E-state index in [1.165, 1.54) is 0 Å². The summed E-state index contributed by atoms with van der Waals surface area (Å²) >= 11 is 5.78. The van der Waals surface area contributed by atoms with Gasteiger partial charge in [0.05, 0.1) is 18.1 Å². The highest BCUT2D eigenvalue weighted by Gasteiger charge is 1.96. The molecule has 2 nitrogen and oxygen atoms in total. The van der Waals surface area contributed by atoms with Crippen LogP contribution in [-0.4, -0.2) is 4.98 Å². The molecule has 0 saturated carbocycles. The maximum Gasteiger partial charge on any atom is 0.144 e. The zero-order valence-electron chi connectivity index (χ0n) is 7.13. The topological polar surface area (TPSA) is 36.7 Å². The SMILES string of the molecule is Cc1cnc(Cl)c(C#CCC#N)c1. The second kappa shape index (κ2) is 4.50. The van der Waals surface area contributed by atoms with Crippen molar-refractivity contribution in [2.75, 3.05) is 0 Å². The van der Waals surface area contributed by atoms with Gasteiger partial charge in [-0.15, -0.1) is 0 Å². The number of aromatic nitrogens is 1. The van der Waals surface area contributed by atoms with Gasteiger partial charge in [0, 0.05) is 6.20 Å². The number of hydrogen-bond donors (Lipinski definition) is 0. The van der Waals surface area contributed by atoms with Crippen molar-refractivity contribution in [1.29, 1.82) is 5.26 Å². The molecule has 0 aromatic carbocycles. The van der Waals surface area contributed by atoms with Gasteiger partial charge in [-0.2, -0.15) is 5.26 Å². The van der Waals surface area contributed by atoms with Crippen LogP contribution in [0.5, 0.6) is 0 Å². The van der Waals surface area contributed by atoms with Gasteiger partial charge in [0.1, 0.15) is 5.15 Å². The minimum absolute atomic E-state index is 0.213. The average molecular weight is 191 g/mol. The van der Waals surface area contributed by atoms with Crippen LogP contribution < -0.4 is 0 Å². The van der Waals surface area contributed by atoms with Crippen molar-refractivity contribution >= 4 is 11.6 Å². The van der Waals surface area contributed by atoms with Crippen molar-refractivity contribution in [3.8, 4) is 17.9 Å². The summed E-state index contributed by atoms with van der Waals surface area (Å²) in [7, 11) is 0. The molecule has 64 valence electrons. The lowest BCUT2D eigenvalue weighted by Gasteiger charge is -1.95. The predicted octanol–water partition coefficient (Wildman–Crippen LogP) is 2.31. The zero-order chi connectivity index (χ0) is 9.68. The second-order valence-electron chi connectivity index (χ2n) is 2.49. The summed E-state index contributed by atoms with van der Waals surface area (Å²) in [5.41, 5.74) is 1.68. The fraction of sp³-hybridized carbons (Fsp3) is 0.200. The maximum absolute atomic E-state index is 8.27. The van der Waals surface area contributed by atoms with Gasteiger partial charge in [0.25, 0.3) is 0 Å². The number of pyridine rings is 1. The first-order valence-electron chi connectivity index (χ1n) is 3.72. The van der Waals surface area contributed by atoms with E-state index >= 15 is 0 Å². The molecule has 13 heavy (non-hydrogen) atoms. The van der Waals surface area contributed by atoms with Crippen LogP contribution in [0.15, 0.2) is 12.3 Å². The van der Waals surface area contributed by atoms with Crippen molar-refractivity contribution in [2.45, 2.75) is 13.3 Å². The van der Waals surface area contributed by atoms with Crippen molar-refractivity contribution in [2.24, 2.45) is 0 Å². The van der Waals surface area contributed by atoms with E-state index < -0.39 is 0 Å². The van der Waals surface area contributed by atoms with E-state index in [1.807, 2.05) is 19.1 Å². The Hall–Kier alpha value is -1.51. The molecule has 1 aromatic heterocycles. The Labute approximate surface area is 82.2 Å². The number of nitrogens with zero attached hydrogens (tertiary/aromatic N) is 2. The first-order valence-corrected chi connectivity index (χ1v) is 4.10. The summed E-state index contributed by atoms with van der Waals surface area (Å²) in [6.45, 7) is 1.92. The molecule has 0 unspecified atom stereocenters. The van der Waals surface area contributed by atoms with Crippen LogP contribution in [0.1, 0.15) is 17.5 Å². The summed E-state index contributed by atoms with van der Waals surface area (Å²) in [5, 5.41) is 8.65. The van der Waals surface area contributed by atoms with Gasteiger partial charge in [-0.25, -0.2) is 4.98 Å². The predicted molar refractivity (Wildman–Crippen MR) is 51.1 cm³/mol. The Kier molecular flexibility index (Phi) is 3.31. The summed E-state index contributed by atoms with van der Waals surface area (Å²) in [6, 6.07) is 3.78. The molecule has 0 saturated heterocycles. The third-order valence-electron chi connectivity index (χ3n) is 1.37. The highest BCUT2D eigenvalue weighted by atomic mass is 35.5. The molecule has 1 aromatic rings. The van der Waals surface area contributed by atoms with E-state index in [2.05, 4.69) is 16.8 Å². The van der Waals surface area contributed by atoms with E-state index in [-0.39, 0.29) is 6.42 Å². The Morgan fingerprint density at radius 2 is 2.38 bits per heavy atom. The minimum atomic E-state index is 0.213. The minimum Gasteiger partial charge on any atom is -0.243 e. The van der Waals surface area contributed by atoms with Gasteiger partial charge in [-0.3, -0.25) is 0 Å². The monoisotopic (exact) mass is 190 g/mol. The van der Waals surface area contributed by atoms with Gasteiger partial charge < -0.3 is 0 Å². The molecule has 0 aliphatic heterocycles. The molecule has 0 bridgehead atoms. The van der Waals surface area contributed by atoms with Crippen LogP contribution in [0.4, 0.5) is 0 Å². The second-order valence-corrected chi connectivity index (χ2v) is 2.85. The molecule has 1 rings (SSSR count). The molecule has 3 heteroatoms. The quantitative estimate of drug-likeness (QED) is 0.465. The standard InChI is InChI=1S/C10H7ClN2/c1-8-6-9(4-2-3-5-12)10(11)13-7-8/h6-7H,3H2,1H3. The molecule has 1 heterocycles. The molecule has 0 N–H and O–H groups in total. The fourth-order valence-corrected chi connectivity index (χ4v) is 0.970. The van der Waals surface area contributed by atoms with Crippen molar-refractivity contribution in [1.82, 2.24) is 4.98 Å². The Morgan fingerprint density at radius 1 is 1.62 bits per heavy atom. The Bertz CT molecular complexity index is 407. The number of aryl methyl sites for hydroxylation is 1. The van der Waals surface area contributed by atoms with Gasteiger partial charge in [-0.05, 0) is 18.6 Å². The van der Waals surface area contributed by atoms with E-state index in [0.29, 0.717) is 10.7 Å². The van der Waals surface area contributed by atoms with Gasteiger partial charge >= 0.3 is 0 Å². The highest BCUT2D eigenvalue weighted by Crippen LogP contribution is 2.12. The van der Waals surface area contributed by atoms with Crippen molar-refractivity contribution < 1.29 is 0 Å². The molecule has 0 radical (unpaired) electrons. The first kappa shape index (κ1) is 9.58. The largest absolute Gasteiger partial charge is 0.243 e. The molecular formula is C10H7ClN2. The average Bonchev–Trinajstić information content (AvgIpc) is 2.11. The van der Waals surface area contributed by atoms with Crippen molar-refractivity contribution in [3.63, 3.8) is 0 Å². The van der Waals surface area contributed by atoms with Crippen molar-refractivity contribution in [3.05, 3.63) is 28.5 Å². The number of hydrogen-bond acceptors (Lipinski definition) is 2. The summed E-state index contributed by atoms with van der Waals surface area (Å²) in [4.78, 5) is 3.94. The van der Waals surface area contributed by atoms with Crippen LogP contribution in [0.2, 0.25) is 5.15 Å². The van der Waals surface area contributed by atoms with Gasteiger partial charge in [0.15, 0.2) is 0 Å². The maximum atomic E-state index is 8.27. The van der Waals surface area contributed by atoms with E-state index in [1.54, 1.807) is 6.20 Å². The molecule has 0 amide bonds. The Morgan fingerprint density at radius 3 is 3.08 bits per heavy atom. The lowest BCUT2D eigenvalue weighted by Crippen LogP contribution is -1.84. The zero-order valence-corrected chi connectivity index (χ0v) is 7.89. The fourth-order valence-electron chi connectivity index (χ4n) is 0.819. The lowest BCUT2D eigenvalue weighted by atomic mass is 10.2. The molecule has 0 atom stereocenters. The third kappa shape index (κ3) is 2.78. The molecular weight excluding hydrogens is 184 g/mol. The Balaban J connectivity index is 2.97. The van der Waals surface area contributed by atoms with E-state index in [0.717, 1.165) is 5.56 Å². The molecule has 0 aliphatic carbocycles.